The van der Waals surface area contributed by atoms with Gasteiger partial charge in [0.1, 0.15) is 5.75 Å². The summed E-state index contributed by atoms with van der Waals surface area (Å²) in [5, 5.41) is 1.65. The molecule has 0 fully saturated rings. The molecule has 1 heterocycles. The molecule has 136 valence electrons. The number of carbonyl (C=O) groups excluding carboxylic acids is 1. The van der Waals surface area contributed by atoms with Gasteiger partial charge < -0.3 is 9.64 Å². The molecule has 0 spiro atoms. The Morgan fingerprint density at radius 2 is 1.96 bits per heavy atom. The quantitative estimate of drug-likeness (QED) is 0.783. The number of amides is 1. The fourth-order valence-electron chi connectivity index (χ4n) is 2.70. The monoisotopic (exact) mass is 391 g/mol. The molecule has 5 nitrogen and oxygen atoms in total. The van der Waals surface area contributed by atoms with E-state index in [1.54, 1.807) is 30.3 Å². The van der Waals surface area contributed by atoms with Crippen molar-refractivity contribution >= 4 is 33.0 Å². The first kappa shape index (κ1) is 18.5. The van der Waals surface area contributed by atoms with Crippen molar-refractivity contribution in [2.24, 2.45) is 0 Å². The van der Waals surface area contributed by atoms with Crippen molar-refractivity contribution in [3.63, 3.8) is 0 Å². The second-order valence-corrected chi connectivity index (χ2v) is 8.36. The van der Waals surface area contributed by atoms with E-state index in [1.165, 1.54) is 11.0 Å². The average molecular weight is 392 g/mol. The molecule has 0 saturated carbocycles. The van der Waals surface area contributed by atoms with Gasteiger partial charge in [0.05, 0.1) is 11.8 Å². The maximum absolute atomic E-state index is 12.8. The largest absolute Gasteiger partial charge is 0.484 e. The third kappa shape index (κ3) is 4.26. The second kappa shape index (κ2) is 7.51. The third-order valence-corrected chi connectivity index (χ3v) is 5.84. The van der Waals surface area contributed by atoms with E-state index in [0.717, 1.165) is 11.0 Å². The zero-order chi connectivity index (χ0) is 18.7. The summed E-state index contributed by atoms with van der Waals surface area (Å²) in [5.41, 5.74) is 1.41. The van der Waals surface area contributed by atoms with Gasteiger partial charge in [-0.1, -0.05) is 35.9 Å². The highest BCUT2D eigenvalue weighted by molar-refractivity contribution is 7.94. The van der Waals surface area contributed by atoms with Crippen LogP contribution in [0.2, 0.25) is 5.02 Å². The van der Waals surface area contributed by atoms with Gasteiger partial charge in [-0.05, 0) is 42.8 Å². The van der Waals surface area contributed by atoms with Gasteiger partial charge in [-0.25, -0.2) is 8.42 Å². The summed E-state index contributed by atoms with van der Waals surface area (Å²) in [6.07, 6.45) is 1.52. The van der Waals surface area contributed by atoms with Gasteiger partial charge in [0.2, 0.25) is 0 Å². The first-order chi connectivity index (χ1) is 12.4. The van der Waals surface area contributed by atoms with Gasteiger partial charge in [-0.2, -0.15) is 0 Å². The van der Waals surface area contributed by atoms with Crippen LogP contribution in [0.5, 0.6) is 5.75 Å². The van der Waals surface area contributed by atoms with Gasteiger partial charge in [-0.3, -0.25) is 4.79 Å². The molecule has 0 unspecified atom stereocenters. The molecule has 1 aliphatic rings. The Bertz CT molecular complexity index is 941. The van der Waals surface area contributed by atoms with E-state index in [2.05, 4.69) is 0 Å². The Morgan fingerprint density at radius 3 is 2.58 bits per heavy atom. The molecular weight excluding hydrogens is 374 g/mol. The number of para-hydroxylation sites is 1. The van der Waals surface area contributed by atoms with Crippen LogP contribution >= 0.6 is 11.6 Å². The zero-order valence-corrected chi connectivity index (χ0v) is 15.7. The first-order valence-electron chi connectivity index (χ1n) is 8.03. The predicted octanol–water partition coefficient (Wildman–Crippen LogP) is 3.37. The number of anilines is 1. The highest BCUT2D eigenvalue weighted by Crippen LogP contribution is 2.27. The molecule has 2 aromatic carbocycles. The van der Waals surface area contributed by atoms with Crippen LogP contribution in [0.3, 0.4) is 0 Å². The Kier molecular flexibility index (Phi) is 5.34. The van der Waals surface area contributed by atoms with Gasteiger partial charge in [0, 0.05) is 16.1 Å². The standard InChI is InChI=1S/C19H18ClNO4S/c1-14-7-8-15(11-18(14)20)21(16-9-10-26(23,24)13-16)19(22)12-25-17-5-3-2-4-6-17/h2-11,16H,12-13H2,1H3/t16-/m0/s1. The smallest absolute Gasteiger partial charge is 0.265 e. The number of carbonyl (C=O) groups is 1. The maximum Gasteiger partial charge on any atom is 0.265 e. The van der Waals surface area contributed by atoms with Gasteiger partial charge in [-0.15, -0.1) is 0 Å². The molecule has 3 rings (SSSR count). The molecule has 26 heavy (non-hydrogen) atoms. The average Bonchev–Trinajstić information content (AvgIpc) is 2.97. The summed E-state index contributed by atoms with van der Waals surface area (Å²) in [7, 11) is -3.32. The number of benzene rings is 2. The van der Waals surface area contributed by atoms with Crippen molar-refractivity contribution in [2.75, 3.05) is 17.3 Å². The second-order valence-electron chi connectivity index (χ2n) is 6.02. The van der Waals surface area contributed by atoms with Crippen molar-refractivity contribution in [1.82, 2.24) is 0 Å². The minimum Gasteiger partial charge on any atom is -0.484 e. The zero-order valence-electron chi connectivity index (χ0n) is 14.1. The van der Waals surface area contributed by atoms with Gasteiger partial charge in [0.15, 0.2) is 16.4 Å². The number of halogens is 1. The molecule has 1 atom stereocenters. The van der Waals surface area contributed by atoms with Crippen LogP contribution in [0.1, 0.15) is 5.56 Å². The molecular formula is C19H18ClNO4S. The van der Waals surface area contributed by atoms with Gasteiger partial charge >= 0.3 is 0 Å². The molecule has 0 radical (unpaired) electrons. The van der Waals surface area contributed by atoms with E-state index >= 15 is 0 Å². The first-order valence-corrected chi connectivity index (χ1v) is 10.1. The number of aryl methyl sites for hydroxylation is 1. The van der Waals surface area contributed by atoms with E-state index in [-0.39, 0.29) is 18.3 Å². The van der Waals surface area contributed by atoms with Crippen LogP contribution in [0.4, 0.5) is 5.69 Å². The van der Waals surface area contributed by atoms with E-state index in [9.17, 15) is 13.2 Å². The minimum atomic E-state index is -3.32. The van der Waals surface area contributed by atoms with E-state index in [1.807, 2.05) is 25.1 Å². The van der Waals surface area contributed by atoms with E-state index in [4.69, 9.17) is 16.3 Å². The minimum absolute atomic E-state index is 0.157. The Morgan fingerprint density at radius 1 is 1.23 bits per heavy atom. The normalized spacial score (nSPS) is 17.8. The highest BCUT2D eigenvalue weighted by atomic mass is 35.5. The van der Waals surface area contributed by atoms with Crippen molar-refractivity contribution in [3.05, 3.63) is 70.6 Å². The lowest BCUT2D eigenvalue weighted by Crippen LogP contribution is -2.43. The molecule has 0 aromatic heterocycles. The van der Waals surface area contributed by atoms with Crippen LogP contribution in [0.25, 0.3) is 0 Å². The lowest BCUT2D eigenvalue weighted by atomic mass is 10.1. The molecule has 0 saturated heterocycles. The van der Waals surface area contributed by atoms with Crippen LogP contribution in [-0.2, 0) is 14.6 Å². The number of nitrogens with zero attached hydrogens (tertiary/aromatic N) is 1. The highest BCUT2D eigenvalue weighted by Gasteiger charge is 2.31. The van der Waals surface area contributed by atoms with Crippen LogP contribution < -0.4 is 9.64 Å². The van der Waals surface area contributed by atoms with Gasteiger partial charge in [0.25, 0.3) is 5.91 Å². The lowest BCUT2D eigenvalue weighted by Gasteiger charge is -2.28. The van der Waals surface area contributed by atoms with Crippen LogP contribution in [-0.4, -0.2) is 32.7 Å². The van der Waals surface area contributed by atoms with Crippen LogP contribution in [0.15, 0.2) is 60.0 Å². The van der Waals surface area contributed by atoms with E-state index < -0.39 is 15.9 Å². The van der Waals surface area contributed by atoms with Crippen molar-refractivity contribution in [2.45, 2.75) is 13.0 Å². The van der Waals surface area contributed by atoms with Crippen LogP contribution in [0, 0.1) is 6.92 Å². The molecule has 2 aromatic rings. The summed E-state index contributed by atoms with van der Waals surface area (Å²) in [4.78, 5) is 14.3. The third-order valence-electron chi connectivity index (χ3n) is 4.05. The number of hydrogen-bond donors (Lipinski definition) is 0. The summed E-state index contributed by atoms with van der Waals surface area (Å²) >= 11 is 6.19. The fourth-order valence-corrected chi connectivity index (χ4v) is 4.15. The fraction of sp³-hybridized carbons (Fsp3) is 0.211. The number of hydrogen-bond acceptors (Lipinski definition) is 4. The molecule has 1 aliphatic heterocycles. The Balaban J connectivity index is 1.86. The number of rotatable bonds is 5. The summed E-state index contributed by atoms with van der Waals surface area (Å²) in [6, 6.07) is 13.6. The summed E-state index contributed by atoms with van der Waals surface area (Å²) in [6.45, 7) is 1.65. The Labute approximate surface area is 157 Å². The SMILES string of the molecule is Cc1ccc(N(C(=O)COc2ccccc2)[C@H]2C=CS(=O)(=O)C2)cc1Cl. The maximum atomic E-state index is 12.8. The number of sulfone groups is 1. The molecule has 0 aliphatic carbocycles. The topological polar surface area (TPSA) is 63.7 Å². The molecule has 0 bridgehead atoms. The van der Waals surface area contributed by atoms with Crippen molar-refractivity contribution in [3.8, 4) is 5.75 Å². The molecule has 7 heteroatoms. The lowest BCUT2D eigenvalue weighted by molar-refractivity contribution is -0.120. The summed E-state index contributed by atoms with van der Waals surface area (Å²) < 4.78 is 29.2. The van der Waals surface area contributed by atoms with Crippen molar-refractivity contribution in [1.29, 1.82) is 0 Å². The molecule has 1 amide bonds. The molecule has 0 N–H and O–H groups in total. The Hall–Kier alpha value is -2.31. The van der Waals surface area contributed by atoms with E-state index in [0.29, 0.717) is 16.5 Å². The predicted molar refractivity (Wildman–Crippen MR) is 102 cm³/mol. The number of ether oxygens (including phenoxy) is 1. The van der Waals surface area contributed by atoms with Crippen molar-refractivity contribution < 1.29 is 17.9 Å². The summed E-state index contributed by atoms with van der Waals surface area (Å²) in [5.74, 6) is 0.0631.